The summed E-state index contributed by atoms with van der Waals surface area (Å²) in [5.74, 6) is 1.02. The molecule has 0 amide bonds. The fraction of sp³-hybridized carbons (Fsp3) is 0.235. The zero-order valence-corrected chi connectivity index (χ0v) is 12.5. The molecule has 4 nitrogen and oxygen atoms in total. The minimum Gasteiger partial charge on any atom is -0.436 e. The molecule has 2 aromatic carbocycles. The molecule has 0 bridgehead atoms. The molecule has 4 N–H and O–H groups in total. The van der Waals surface area contributed by atoms with Gasteiger partial charge in [-0.25, -0.2) is 4.98 Å². The molecule has 0 saturated carbocycles. The van der Waals surface area contributed by atoms with Gasteiger partial charge in [0.1, 0.15) is 5.52 Å². The van der Waals surface area contributed by atoms with E-state index in [2.05, 4.69) is 31.0 Å². The molecule has 3 aromatic rings. The van der Waals surface area contributed by atoms with E-state index in [1.807, 2.05) is 19.1 Å². The second-order valence-electron chi connectivity index (χ2n) is 5.68. The molecular weight excluding hydrogens is 262 g/mol. The van der Waals surface area contributed by atoms with Crippen LogP contribution in [0.2, 0.25) is 0 Å². The molecule has 1 heterocycles. The summed E-state index contributed by atoms with van der Waals surface area (Å²) in [4.78, 5) is 4.59. The molecule has 0 aliphatic carbocycles. The van der Waals surface area contributed by atoms with Crippen LogP contribution in [0.5, 0.6) is 0 Å². The van der Waals surface area contributed by atoms with Crippen molar-refractivity contribution in [2.75, 3.05) is 11.5 Å². The summed E-state index contributed by atoms with van der Waals surface area (Å²) in [6, 6.07) is 9.70. The van der Waals surface area contributed by atoms with E-state index in [1.54, 1.807) is 6.07 Å². The van der Waals surface area contributed by atoms with Gasteiger partial charge in [-0.15, -0.1) is 0 Å². The van der Waals surface area contributed by atoms with Gasteiger partial charge in [0, 0.05) is 16.9 Å². The molecule has 108 valence electrons. The highest BCUT2D eigenvalue weighted by molar-refractivity contribution is 5.80. The van der Waals surface area contributed by atoms with Gasteiger partial charge in [0.15, 0.2) is 5.58 Å². The number of nitrogen functional groups attached to an aromatic ring is 2. The van der Waals surface area contributed by atoms with Crippen molar-refractivity contribution in [1.82, 2.24) is 4.98 Å². The van der Waals surface area contributed by atoms with Gasteiger partial charge in [0.05, 0.1) is 0 Å². The van der Waals surface area contributed by atoms with Crippen molar-refractivity contribution in [3.8, 4) is 11.5 Å². The largest absolute Gasteiger partial charge is 0.436 e. The molecule has 0 spiro atoms. The van der Waals surface area contributed by atoms with E-state index >= 15 is 0 Å². The normalized spacial score (nSPS) is 11.4. The number of rotatable bonds is 2. The molecule has 0 atom stereocenters. The molecular formula is C17H19N3O. The maximum atomic E-state index is 5.97. The van der Waals surface area contributed by atoms with E-state index < -0.39 is 0 Å². The third-order valence-corrected chi connectivity index (χ3v) is 3.78. The van der Waals surface area contributed by atoms with E-state index in [1.165, 1.54) is 5.56 Å². The smallest absolute Gasteiger partial charge is 0.227 e. The second-order valence-corrected chi connectivity index (χ2v) is 5.68. The van der Waals surface area contributed by atoms with Gasteiger partial charge >= 0.3 is 0 Å². The first-order chi connectivity index (χ1) is 9.95. The van der Waals surface area contributed by atoms with Gasteiger partial charge in [-0.2, -0.15) is 0 Å². The van der Waals surface area contributed by atoms with Crippen LogP contribution in [0.4, 0.5) is 11.4 Å². The third kappa shape index (κ3) is 2.33. The Morgan fingerprint density at radius 2 is 1.86 bits per heavy atom. The average molecular weight is 281 g/mol. The van der Waals surface area contributed by atoms with Crippen molar-refractivity contribution >= 4 is 22.5 Å². The number of oxazole rings is 1. The molecule has 3 rings (SSSR count). The minimum atomic E-state index is 0.458. The van der Waals surface area contributed by atoms with Crippen LogP contribution in [0.15, 0.2) is 34.7 Å². The molecule has 0 aliphatic rings. The maximum Gasteiger partial charge on any atom is 0.227 e. The first-order valence-electron chi connectivity index (χ1n) is 7.02. The average Bonchev–Trinajstić information content (AvgIpc) is 2.85. The van der Waals surface area contributed by atoms with Crippen molar-refractivity contribution < 1.29 is 4.42 Å². The fourth-order valence-corrected chi connectivity index (χ4v) is 2.40. The Kier molecular flexibility index (Phi) is 3.09. The van der Waals surface area contributed by atoms with Crippen molar-refractivity contribution in [3.63, 3.8) is 0 Å². The summed E-state index contributed by atoms with van der Waals surface area (Å²) < 4.78 is 5.86. The lowest BCUT2D eigenvalue weighted by Crippen LogP contribution is -1.96. The number of hydrogen-bond acceptors (Lipinski definition) is 4. The highest BCUT2D eigenvalue weighted by Crippen LogP contribution is 2.32. The van der Waals surface area contributed by atoms with E-state index in [0.29, 0.717) is 23.2 Å². The number of nitrogens with two attached hydrogens (primary N) is 2. The van der Waals surface area contributed by atoms with Crippen LogP contribution >= 0.6 is 0 Å². The lowest BCUT2D eigenvalue weighted by molar-refractivity contribution is 0.619. The molecule has 0 unspecified atom stereocenters. The lowest BCUT2D eigenvalue weighted by Gasteiger charge is -2.06. The number of hydrogen-bond donors (Lipinski definition) is 2. The van der Waals surface area contributed by atoms with Crippen LogP contribution in [0, 0.1) is 6.92 Å². The zero-order chi connectivity index (χ0) is 15.1. The SMILES string of the molecule is Cc1c(N)cc(N)cc1-c1nc2cc(C(C)C)ccc2o1. The Balaban J connectivity index is 2.17. The summed E-state index contributed by atoms with van der Waals surface area (Å²) in [6.45, 7) is 6.26. The first kappa shape index (κ1) is 13.5. The third-order valence-electron chi connectivity index (χ3n) is 3.78. The summed E-state index contributed by atoms with van der Waals surface area (Å²) >= 11 is 0. The first-order valence-corrected chi connectivity index (χ1v) is 7.02. The summed E-state index contributed by atoms with van der Waals surface area (Å²) in [5, 5.41) is 0. The molecule has 0 saturated heterocycles. The van der Waals surface area contributed by atoms with Crippen molar-refractivity contribution in [2.45, 2.75) is 26.7 Å². The van der Waals surface area contributed by atoms with Crippen molar-refractivity contribution in [1.29, 1.82) is 0 Å². The predicted octanol–water partition coefficient (Wildman–Crippen LogP) is 4.09. The Labute approximate surface area is 123 Å². The monoisotopic (exact) mass is 281 g/mol. The van der Waals surface area contributed by atoms with Gasteiger partial charge in [-0.3, -0.25) is 0 Å². The number of aromatic nitrogens is 1. The van der Waals surface area contributed by atoms with Crippen LogP contribution in [-0.4, -0.2) is 4.98 Å². The Morgan fingerprint density at radius 1 is 1.10 bits per heavy atom. The lowest BCUT2D eigenvalue weighted by atomic mass is 10.0. The van der Waals surface area contributed by atoms with Crippen LogP contribution in [0.25, 0.3) is 22.6 Å². The molecule has 21 heavy (non-hydrogen) atoms. The molecule has 4 heteroatoms. The Morgan fingerprint density at radius 3 is 2.57 bits per heavy atom. The van der Waals surface area contributed by atoms with Gasteiger partial charge in [0.25, 0.3) is 0 Å². The van der Waals surface area contributed by atoms with Crippen molar-refractivity contribution in [2.24, 2.45) is 0 Å². The predicted molar refractivity (Wildman–Crippen MR) is 87.1 cm³/mol. The minimum absolute atomic E-state index is 0.458. The van der Waals surface area contributed by atoms with E-state index in [9.17, 15) is 0 Å². The van der Waals surface area contributed by atoms with Gasteiger partial charge < -0.3 is 15.9 Å². The quantitative estimate of drug-likeness (QED) is 0.693. The Bertz CT molecular complexity index is 818. The van der Waals surface area contributed by atoms with Gasteiger partial charge in [0.2, 0.25) is 5.89 Å². The van der Waals surface area contributed by atoms with Crippen LogP contribution in [-0.2, 0) is 0 Å². The van der Waals surface area contributed by atoms with Crippen molar-refractivity contribution in [3.05, 3.63) is 41.5 Å². The van der Waals surface area contributed by atoms with E-state index in [-0.39, 0.29) is 0 Å². The number of nitrogens with zero attached hydrogens (tertiary/aromatic N) is 1. The van der Waals surface area contributed by atoms with Gasteiger partial charge in [-0.05, 0) is 48.2 Å². The highest BCUT2D eigenvalue weighted by Gasteiger charge is 2.14. The Hall–Kier alpha value is -2.49. The zero-order valence-electron chi connectivity index (χ0n) is 12.5. The summed E-state index contributed by atoms with van der Waals surface area (Å²) in [7, 11) is 0. The fourth-order valence-electron chi connectivity index (χ4n) is 2.40. The number of anilines is 2. The summed E-state index contributed by atoms with van der Waals surface area (Å²) in [6.07, 6.45) is 0. The van der Waals surface area contributed by atoms with E-state index in [0.717, 1.165) is 22.2 Å². The summed E-state index contributed by atoms with van der Waals surface area (Å²) in [5.41, 5.74) is 17.7. The topological polar surface area (TPSA) is 78.1 Å². The second kappa shape index (κ2) is 4.81. The van der Waals surface area contributed by atoms with Gasteiger partial charge in [-0.1, -0.05) is 19.9 Å². The highest BCUT2D eigenvalue weighted by atomic mass is 16.3. The standard InChI is InChI=1S/C17H19N3O/c1-9(2)11-4-5-16-15(6-11)20-17(21-16)13-7-12(18)8-14(19)10(13)3/h4-9H,18-19H2,1-3H3. The number of benzene rings is 2. The van der Waals surface area contributed by atoms with Crippen LogP contribution in [0.3, 0.4) is 0 Å². The van der Waals surface area contributed by atoms with E-state index in [4.69, 9.17) is 15.9 Å². The molecule has 1 aromatic heterocycles. The maximum absolute atomic E-state index is 5.97. The molecule has 0 aliphatic heterocycles. The number of fused-ring (bicyclic) bond motifs is 1. The van der Waals surface area contributed by atoms with Crippen LogP contribution in [0.1, 0.15) is 30.9 Å². The molecule has 0 radical (unpaired) electrons. The van der Waals surface area contributed by atoms with Crippen LogP contribution < -0.4 is 11.5 Å². The molecule has 0 fully saturated rings.